The van der Waals surface area contributed by atoms with Gasteiger partial charge < -0.3 is 24.2 Å². The fourth-order valence-electron chi connectivity index (χ4n) is 4.49. The zero-order valence-corrected chi connectivity index (χ0v) is 18.9. The molecule has 1 N–H and O–H groups in total. The van der Waals surface area contributed by atoms with E-state index in [1.165, 1.54) is 13.2 Å². The van der Waals surface area contributed by atoms with Crippen LogP contribution in [0.4, 0.5) is 14.6 Å². The Kier molecular flexibility index (Phi) is 5.88. The molecule has 2 aliphatic rings. The number of halogens is 2. The molecule has 0 amide bonds. The number of hydrogen-bond donors (Lipinski definition) is 1. The van der Waals surface area contributed by atoms with Crippen molar-refractivity contribution in [3.8, 4) is 17.2 Å². The van der Waals surface area contributed by atoms with Gasteiger partial charge >= 0.3 is 0 Å². The van der Waals surface area contributed by atoms with Crippen molar-refractivity contribution in [2.45, 2.75) is 32.5 Å². The summed E-state index contributed by atoms with van der Waals surface area (Å²) in [6.07, 6.45) is -0.503. The maximum atomic E-state index is 15.2. The molecule has 0 saturated carbocycles. The van der Waals surface area contributed by atoms with Crippen molar-refractivity contribution in [1.29, 1.82) is 0 Å². The predicted molar refractivity (Wildman–Crippen MR) is 119 cm³/mol. The lowest BCUT2D eigenvalue weighted by Gasteiger charge is -2.38. The Morgan fingerprint density at radius 3 is 2.70 bits per heavy atom. The van der Waals surface area contributed by atoms with Gasteiger partial charge in [-0.25, -0.2) is 13.8 Å². The zero-order chi connectivity index (χ0) is 23.1. The van der Waals surface area contributed by atoms with E-state index in [0.29, 0.717) is 47.2 Å². The fourth-order valence-corrected chi connectivity index (χ4v) is 4.49. The topological polar surface area (TPSA) is 85.5 Å². The van der Waals surface area contributed by atoms with E-state index in [2.05, 4.69) is 20.4 Å². The number of nitrogens with one attached hydrogen (secondary N) is 1. The highest BCUT2D eigenvalue weighted by atomic mass is 19.1. The summed E-state index contributed by atoms with van der Waals surface area (Å²) >= 11 is 0. The van der Waals surface area contributed by atoms with E-state index in [1.54, 1.807) is 13.0 Å². The number of anilines is 1. The molecule has 8 nitrogen and oxygen atoms in total. The van der Waals surface area contributed by atoms with Crippen LogP contribution < -0.4 is 15.0 Å². The van der Waals surface area contributed by atoms with Crippen molar-refractivity contribution < 1.29 is 22.8 Å². The van der Waals surface area contributed by atoms with Gasteiger partial charge in [-0.2, -0.15) is 4.98 Å². The second-order valence-electron chi connectivity index (χ2n) is 8.76. The molecule has 1 aromatic carbocycles. The Hall–Kier alpha value is -2.85. The smallest absolute Gasteiger partial charge is 0.261 e. The van der Waals surface area contributed by atoms with Gasteiger partial charge in [-0.3, -0.25) is 0 Å². The van der Waals surface area contributed by atoms with Crippen LogP contribution in [0.15, 0.2) is 16.7 Å². The van der Waals surface area contributed by atoms with E-state index >= 15 is 4.39 Å². The standard InChI is InChI=1S/C23H27F2N5O3/c1-12-16-6-15(31-3)7-17(24)21(16)28-22(20(12)23-27-13(2)29-33-23)30-5-4-19(18(25)9-30)26-8-14-10-32-11-14/h6-7,14,18-19,26H,4-5,8-11H2,1-3H3/t18-,19-/m0/s1. The van der Waals surface area contributed by atoms with E-state index < -0.39 is 12.0 Å². The lowest BCUT2D eigenvalue weighted by atomic mass is 9.98. The molecule has 2 saturated heterocycles. The van der Waals surface area contributed by atoms with Crippen LogP contribution in [0.5, 0.6) is 5.75 Å². The van der Waals surface area contributed by atoms with Crippen LogP contribution in [0.25, 0.3) is 22.4 Å². The second kappa shape index (κ2) is 8.83. The molecule has 4 heterocycles. The molecular weight excluding hydrogens is 432 g/mol. The van der Waals surface area contributed by atoms with Gasteiger partial charge in [0.1, 0.15) is 23.3 Å². The van der Waals surface area contributed by atoms with Gasteiger partial charge in [0.25, 0.3) is 5.89 Å². The van der Waals surface area contributed by atoms with Gasteiger partial charge in [0, 0.05) is 36.5 Å². The van der Waals surface area contributed by atoms with E-state index in [0.717, 1.165) is 25.3 Å². The molecule has 3 aromatic rings. The summed E-state index contributed by atoms with van der Waals surface area (Å²) in [4.78, 5) is 10.9. The molecule has 0 radical (unpaired) electrons. The highest BCUT2D eigenvalue weighted by Gasteiger charge is 2.33. The SMILES string of the molecule is COc1cc(F)c2nc(N3CC[C@H](NCC4COC4)[C@@H](F)C3)c(-c3nc(C)no3)c(C)c2c1. The molecule has 0 spiro atoms. The maximum absolute atomic E-state index is 15.2. The van der Waals surface area contributed by atoms with Crippen molar-refractivity contribution >= 4 is 16.7 Å². The minimum Gasteiger partial charge on any atom is -0.497 e. The van der Waals surface area contributed by atoms with Crippen LogP contribution in [0, 0.1) is 25.6 Å². The van der Waals surface area contributed by atoms with Crippen LogP contribution in [0.1, 0.15) is 17.8 Å². The van der Waals surface area contributed by atoms with Gasteiger partial charge in [-0.15, -0.1) is 0 Å². The number of aryl methyl sites for hydroxylation is 2. The summed E-state index contributed by atoms with van der Waals surface area (Å²) in [5.41, 5.74) is 1.50. The Labute approximate surface area is 190 Å². The largest absolute Gasteiger partial charge is 0.497 e. The molecular formula is C23H27F2N5O3. The molecule has 33 heavy (non-hydrogen) atoms. The normalized spacial score (nSPS) is 21.4. The average Bonchev–Trinajstić information content (AvgIpc) is 3.19. The molecule has 2 aliphatic heterocycles. The van der Waals surface area contributed by atoms with Crippen molar-refractivity contribution in [2.24, 2.45) is 5.92 Å². The number of alkyl halides is 1. The van der Waals surface area contributed by atoms with Crippen molar-refractivity contribution in [2.75, 3.05) is 44.9 Å². The average molecular weight is 459 g/mol. The first-order valence-corrected chi connectivity index (χ1v) is 11.1. The van der Waals surface area contributed by atoms with Crippen LogP contribution in [0.2, 0.25) is 0 Å². The van der Waals surface area contributed by atoms with Crippen LogP contribution in [0.3, 0.4) is 0 Å². The number of rotatable bonds is 6. The summed E-state index contributed by atoms with van der Waals surface area (Å²) in [6.45, 7) is 6.48. The fraction of sp³-hybridized carbons (Fsp3) is 0.522. The summed E-state index contributed by atoms with van der Waals surface area (Å²) in [6, 6.07) is 2.79. The second-order valence-corrected chi connectivity index (χ2v) is 8.76. The Bertz CT molecular complexity index is 1170. The predicted octanol–water partition coefficient (Wildman–Crippen LogP) is 3.20. The van der Waals surface area contributed by atoms with Gasteiger partial charge in [0.05, 0.1) is 32.4 Å². The highest BCUT2D eigenvalue weighted by Crippen LogP contribution is 2.39. The number of fused-ring (bicyclic) bond motifs is 1. The Morgan fingerprint density at radius 2 is 2.06 bits per heavy atom. The number of aromatic nitrogens is 3. The molecule has 0 aliphatic carbocycles. The first kappa shape index (κ1) is 22.0. The number of methoxy groups -OCH3 is 1. The molecule has 0 bridgehead atoms. The van der Waals surface area contributed by atoms with Gasteiger partial charge in [-0.05, 0) is 31.9 Å². The molecule has 5 rings (SSSR count). The van der Waals surface area contributed by atoms with Crippen molar-refractivity contribution in [3.63, 3.8) is 0 Å². The van der Waals surface area contributed by atoms with E-state index in [-0.39, 0.29) is 24.0 Å². The zero-order valence-electron chi connectivity index (χ0n) is 18.9. The minimum absolute atomic E-state index is 0.134. The molecule has 2 atom stereocenters. The Morgan fingerprint density at radius 1 is 1.24 bits per heavy atom. The van der Waals surface area contributed by atoms with Gasteiger partial charge in [0.15, 0.2) is 11.6 Å². The maximum Gasteiger partial charge on any atom is 0.261 e. The molecule has 0 unspecified atom stereocenters. The summed E-state index contributed by atoms with van der Waals surface area (Å²) < 4.78 is 46.0. The first-order valence-electron chi connectivity index (χ1n) is 11.1. The number of ether oxygens (including phenoxy) is 2. The van der Waals surface area contributed by atoms with Crippen LogP contribution in [-0.2, 0) is 4.74 Å². The monoisotopic (exact) mass is 459 g/mol. The highest BCUT2D eigenvalue weighted by molar-refractivity contribution is 5.93. The summed E-state index contributed by atoms with van der Waals surface area (Å²) in [5.74, 6) is 1.53. The third kappa shape index (κ3) is 4.13. The number of pyridine rings is 1. The number of benzene rings is 1. The number of piperidine rings is 1. The van der Waals surface area contributed by atoms with E-state index in [1.807, 2.05) is 11.8 Å². The lowest BCUT2D eigenvalue weighted by molar-refractivity contribution is -0.0329. The minimum atomic E-state index is -1.10. The van der Waals surface area contributed by atoms with Gasteiger partial charge in [-0.1, -0.05) is 5.16 Å². The van der Waals surface area contributed by atoms with E-state index in [4.69, 9.17) is 14.0 Å². The van der Waals surface area contributed by atoms with Crippen LogP contribution >= 0.6 is 0 Å². The number of hydrogen-bond acceptors (Lipinski definition) is 8. The van der Waals surface area contributed by atoms with Crippen molar-refractivity contribution in [3.05, 3.63) is 29.3 Å². The van der Waals surface area contributed by atoms with E-state index in [9.17, 15) is 4.39 Å². The molecule has 10 heteroatoms. The quantitative estimate of drug-likeness (QED) is 0.602. The van der Waals surface area contributed by atoms with Gasteiger partial charge in [0.2, 0.25) is 0 Å². The van der Waals surface area contributed by atoms with Crippen molar-refractivity contribution in [1.82, 2.24) is 20.4 Å². The lowest BCUT2D eigenvalue weighted by Crippen LogP contribution is -2.53. The molecule has 2 fully saturated rings. The number of nitrogens with zero attached hydrogens (tertiary/aromatic N) is 4. The summed E-state index contributed by atoms with van der Waals surface area (Å²) in [7, 11) is 1.48. The third-order valence-electron chi connectivity index (χ3n) is 6.45. The van der Waals surface area contributed by atoms with Crippen LogP contribution in [-0.4, -0.2) is 67.3 Å². The Balaban J connectivity index is 1.52. The first-order chi connectivity index (χ1) is 15.9. The third-order valence-corrected chi connectivity index (χ3v) is 6.45. The summed E-state index contributed by atoms with van der Waals surface area (Å²) in [5, 5.41) is 7.83. The molecule has 176 valence electrons. The molecule has 2 aromatic heterocycles.